The van der Waals surface area contributed by atoms with Crippen LogP contribution in [0.5, 0.6) is 0 Å². The minimum absolute atomic E-state index is 0.0304. The second kappa shape index (κ2) is 10.1. The molecule has 9 heteroatoms. The highest BCUT2D eigenvalue weighted by atomic mass is 35.5. The van der Waals surface area contributed by atoms with Gasteiger partial charge in [-0.05, 0) is 60.7 Å². The van der Waals surface area contributed by atoms with Gasteiger partial charge in [0.2, 0.25) is 5.91 Å². The number of nitrogens with zero attached hydrogens (tertiary/aromatic N) is 2. The molecule has 3 heterocycles. The SMILES string of the molecule is O=C(CN1C(=S)N[C@@H](c2ccccn2)[C@H]1c1ccc(-c2cccc(Cl)c2Cl)o1)Nc1ccccc1. The first-order chi connectivity index (χ1) is 17.0. The summed E-state index contributed by atoms with van der Waals surface area (Å²) in [5.41, 5.74) is 2.18. The molecule has 1 aliphatic rings. The Kier molecular flexibility index (Phi) is 6.72. The molecule has 0 unspecified atom stereocenters. The maximum Gasteiger partial charge on any atom is 0.244 e. The number of hydrogen-bond acceptors (Lipinski definition) is 4. The molecule has 0 aliphatic carbocycles. The van der Waals surface area contributed by atoms with Gasteiger partial charge in [0.1, 0.15) is 24.1 Å². The lowest BCUT2D eigenvalue weighted by Gasteiger charge is -2.25. The molecule has 2 N–H and O–H groups in total. The number of amides is 1. The second-order valence-corrected chi connectivity index (χ2v) is 9.14. The molecule has 2 atom stereocenters. The fourth-order valence-corrected chi connectivity index (χ4v) is 4.81. The number of rotatable bonds is 6. The third-order valence-electron chi connectivity index (χ3n) is 5.70. The van der Waals surface area contributed by atoms with Crippen LogP contribution in [0.4, 0.5) is 5.69 Å². The van der Waals surface area contributed by atoms with Gasteiger partial charge >= 0.3 is 0 Å². The molecular formula is C26H20Cl2N4O2S. The predicted molar refractivity (Wildman–Crippen MR) is 141 cm³/mol. The minimum Gasteiger partial charge on any atom is -0.459 e. The monoisotopic (exact) mass is 522 g/mol. The normalized spacial score (nSPS) is 17.3. The zero-order valence-electron chi connectivity index (χ0n) is 18.3. The molecule has 0 radical (unpaired) electrons. The van der Waals surface area contributed by atoms with Gasteiger partial charge in [0, 0.05) is 17.4 Å². The van der Waals surface area contributed by atoms with Crippen molar-refractivity contribution >= 4 is 52.1 Å². The summed E-state index contributed by atoms with van der Waals surface area (Å²) in [7, 11) is 0. The zero-order valence-corrected chi connectivity index (χ0v) is 20.6. The summed E-state index contributed by atoms with van der Waals surface area (Å²) in [6.45, 7) is 0.0304. The minimum atomic E-state index is -0.411. The van der Waals surface area contributed by atoms with Gasteiger partial charge in [0.05, 0.1) is 21.8 Å². The molecular weight excluding hydrogens is 503 g/mol. The summed E-state index contributed by atoms with van der Waals surface area (Å²) in [5.74, 6) is 0.988. The summed E-state index contributed by atoms with van der Waals surface area (Å²) in [6.07, 6.45) is 1.72. The van der Waals surface area contributed by atoms with Gasteiger partial charge in [-0.1, -0.05) is 53.5 Å². The molecule has 1 aliphatic heterocycles. The van der Waals surface area contributed by atoms with Gasteiger partial charge in [-0.2, -0.15) is 0 Å². The van der Waals surface area contributed by atoms with E-state index in [-0.39, 0.29) is 18.5 Å². The van der Waals surface area contributed by atoms with Crippen LogP contribution in [0.1, 0.15) is 23.5 Å². The lowest BCUT2D eigenvalue weighted by atomic mass is 10.0. The van der Waals surface area contributed by atoms with E-state index in [0.29, 0.717) is 37.9 Å². The van der Waals surface area contributed by atoms with E-state index in [1.165, 1.54) is 0 Å². The molecule has 1 amide bonds. The predicted octanol–water partition coefficient (Wildman–Crippen LogP) is 6.26. The number of furan rings is 1. The van der Waals surface area contributed by atoms with Gasteiger partial charge in [0.25, 0.3) is 0 Å². The highest BCUT2D eigenvalue weighted by Crippen LogP contribution is 2.41. The number of hydrogen-bond donors (Lipinski definition) is 2. The van der Waals surface area contributed by atoms with Crippen LogP contribution < -0.4 is 10.6 Å². The van der Waals surface area contributed by atoms with Crippen molar-refractivity contribution in [1.82, 2.24) is 15.2 Å². The number of halogens is 2. The first kappa shape index (κ1) is 23.4. The summed E-state index contributed by atoms with van der Waals surface area (Å²) in [4.78, 5) is 19.3. The van der Waals surface area contributed by atoms with E-state index >= 15 is 0 Å². The number of carbonyl (C=O) groups excluding carboxylic acids is 1. The van der Waals surface area contributed by atoms with E-state index in [1.54, 1.807) is 12.3 Å². The zero-order chi connectivity index (χ0) is 24.4. The van der Waals surface area contributed by atoms with Crippen LogP contribution >= 0.6 is 35.4 Å². The molecule has 6 nitrogen and oxygen atoms in total. The van der Waals surface area contributed by atoms with Crippen molar-refractivity contribution in [3.05, 3.63) is 107 Å². The van der Waals surface area contributed by atoms with Crippen LogP contribution in [0, 0.1) is 0 Å². The van der Waals surface area contributed by atoms with E-state index in [2.05, 4.69) is 15.6 Å². The van der Waals surface area contributed by atoms with Crippen LogP contribution in [0.15, 0.2) is 89.5 Å². The average Bonchev–Trinajstić information content (AvgIpc) is 3.47. The first-order valence-corrected chi connectivity index (χ1v) is 12.0. The molecule has 1 fully saturated rings. The molecule has 176 valence electrons. The lowest BCUT2D eigenvalue weighted by Crippen LogP contribution is -2.36. The molecule has 2 aromatic heterocycles. The highest BCUT2D eigenvalue weighted by Gasteiger charge is 2.42. The van der Waals surface area contributed by atoms with E-state index in [1.807, 2.05) is 77.7 Å². The maximum absolute atomic E-state index is 12.9. The van der Waals surface area contributed by atoms with Crippen molar-refractivity contribution < 1.29 is 9.21 Å². The van der Waals surface area contributed by atoms with Gasteiger partial charge < -0.3 is 20.0 Å². The summed E-state index contributed by atoms with van der Waals surface area (Å²) < 4.78 is 6.28. The second-order valence-electron chi connectivity index (χ2n) is 7.97. The number of nitrogens with one attached hydrogen (secondary N) is 2. The third kappa shape index (κ3) is 4.89. The molecule has 5 rings (SSSR count). The number of benzene rings is 2. The maximum atomic E-state index is 12.9. The van der Waals surface area contributed by atoms with E-state index in [0.717, 1.165) is 5.69 Å². The Hall–Kier alpha value is -3.39. The first-order valence-electron chi connectivity index (χ1n) is 10.9. The van der Waals surface area contributed by atoms with Crippen LogP contribution in [-0.2, 0) is 4.79 Å². The number of anilines is 1. The Morgan fingerprint density at radius 2 is 1.83 bits per heavy atom. The summed E-state index contributed by atoms with van der Waals surface area (Å²) in [6, 6.07) is 23.3. The molecule has 4 aromatic rings. The van der Waals surface area contributed by atoms with Gasteiger partial charge in [0.15, 0.2) is 5.11 Å². The summed E-state index contributed by atoms with van der Waals surface area (Å²) >= 11 is 18.3. The van der Waals surface area contributed by atoms with Crippen molar-refractivity contribution in [3.63, 3.8) is 0 Å². The largest absolute Gasteiger partial charge is 0.459 e. The van der Waals surface area contributed by atoms with Crippen LogP contribution in [0.25, 0.3) is 11.3 Å². The van der Waals surface area contributed by atoms with Gasteiger partial charge in [-0.15, -0.1) is 0 Å². The molecule has 0 spiro atoms. The highest BCUT2D eigenvalue weighted by molar-refractivity contribution is 7.80. The standard InChI is InChI=1S/C26H20Cl2N4O2S/c27-18-10-6-9-17(23(18)28)20-12-13-21(34-20)25-24(19-11-4-5-14-29-19)31-26(35)32(25)15-22(33)30-16-7-2-1-3-8-16/h1-14,24-25H,15H2,(H,30,33)(H,31,35)/t24-,25+/m0/s1. The van der Waals surface area contributed by atoms with E-state index < -0.39 is 6.04 Å². The third-order valence-corrected chi connectivity index (χ3v) is 6.88. The topological polar surface area (TPSA) is 70.4 Å². The molecule has 1 saturated heterocycles. The Morgan fingerprint density at radius 3 is 2.60 bits per heavy atom. The molecule has 0 bridgehead atoms. The van der Waals surface area contributed by atoms with Crippen molar-refractivity contribution in [3.8, 4) is 11.3 Å². The van der Waals surface area contributed by atoms with Crippen molar-refractivity contribution in [1.29, 1.82) is 0 Å². The van der Waals surface area contributed by atoms with Crippen molar-refractivity contribution in [2.45, 2.75) is 12.1 Å². The number of pyridine rings is 1. The molecule has 2 aromatic carbocycles. The molecule has 0 saturated carbocycles. The quantitative estimate of drug-likeness (QED) is 0.291. The number of thiocarbonyl (C=S) groups is 1. The van der Waals surface area contributed by atoms with Crippen LogP contribution in [-0.4, -0.2) is 27.4 Å². The van der Waals surface area contributed by atoms with Crippen LogP contribution in [0.2, 0.25) is 10.0 Å². The smallest absolute Gasteiger partial charge is 0.244 e. The fourth-order valence-electron chi connectivity index (χ4n) is 4.11. The van der Waals surface area contributed by atoms with Crippen molar-refractivity contribution in [2.24, 2.45) is 0 Å². The average molecular weight is 523 g/mol. The lowest BCUT2D eigenvalue weighted by molar-refractivity contribution is -0.116. The number of para-hydroxylation sites is 1. The Labute approximate surface area is 217 Å². The Balaban J connectivity index is 1.48. The number of carbonyl (C=O) groups is 1. The van der Waals surface area contributed by atoms with Gasteiger partial charge in [-0.25, -0.2) is 0 Å². The summed E-state index contributed by atoms with van der Waals surface area (Å²) in [5, 5.41) is 7.52. The molecule has 35 heavy (non-hydrogen) atoms. The van der Waals surface area contributed by atoms with Crippen molar-refractivity contribution in [2.75, 3.05) is 11.9 Å². The fraction of sp³-hybridized carbons (Fsp3) is 0.115. The van der Waals surface area contributed by atoms with Gasteiger partial charge in [-0.3, -0.25) is 9.78 Å². The van der Waals surface area contributed by atoms with E-state index in [9.17, 15) is 4.79 Å². The number of aromatic nitrogens is 1. The van der Waals surface area contributed by atoms with Crippen LogP contribution in [0.3, 0.4) is 0 Å². The Bertz CT molecular complexity index is 1360. The van der Waals surface area contributed by atoms with E-state index in [4.69, 9.17) is 39.8 Å². The Morgan fingerprint density at radius 1 is 1.03 bits per heavy atom.